The third kappa shape index (κ3) is 3.69. The molecule has 0 aromatic heterocycles. The topological polar surface area (TPSA) is 26.3 Å². The van der Waals surface area contributed by atoms with Crippen molar-refractivity contribution in [2.24, 2.45) is 0 Å². The highest BCUT2D eigenvalue weighted by Gasteiger charge is 2.19. The fourth-order valence-electron chi connectivity index (χ4n) is 2.11. The van der Waals surface area contributed by atoms with Gasteiger partial charge in [0.15, 0.2) is 0 Å². The quantitative estimate of drug-likeness (QED) is 0.525. The van der Waals surface area contributed by atoms with Crippen LogP contribution in [0.2, 0.25) is 0 Å². The van der Waals surface area contributed by atoms with Crippen LogP contribution in [0, 0.1) is 0 Å². The highest BCUT2D eigenvalue weighted by molar-refractivity contribution is 5.89. The molecule has 2 heteroatoms. The van der Waals surface area contributed by atoms with E-state index >= 15 is 0 Å². The number of allylic oxidation sites excluding steroid dienone is 1. The zero-order valence-corrected chi connectivity index (χ0v) is 10.1. The Bertz CT molecular complexity index is 243. The van der Waals surface area contributed by atoms with Gasteiger partial charge >= 0.3 is 5.97 Å². The largest absolute Gasteiger partial charge is 0.459 e. The van der Waals surface area contributed by atoms with E-state index in [2.05, 4.69) is 0 Å². The van der Waals surface area contributed by atoms with E-state index in [1.165, 1.54) is 19.3 Å². The van der Waals surface area contributed by atoms with E-state index in [4.69, 9.17) is 4.74 Å². The first kappa shape index (κ1) is 12.3. The van der Waals surface area contributed by atoms with Crippen LogP contribution < -0.4 is 0 Å². The van der Waals surface area contributed by atoms with Gasteiger partial charge in [-0.2, -0.15) is 0 Å². The molecule has 0 unspecified atom stereocenters. The maximum absolute atomic E-state index is 11.8. The van der Waals surface area contributed by atoms with Gasteiger partial charge in [-0.05, 0) is 46.0 Å². The summed E-state index contributed by atoms with van der Waals surface area (Å²) in [7, 11) is 0. The molecule has 0 atom stereocenters. The third-order valence-electron chi connectivity index (χ3n) is 3.03. The zero-order valence-electron chi connectivity index (χ0n) is 10.1. The van der Waals surface area contributed by atoms with Crippen molar-refractivity contribution in [2.75, 3.05) is 0 Å². The second kappa shape index (κ2) is 5.94. The first-order chi connectivity index (χ1) is 7.15. The van der Waals surface area contributed by atoms with Crippen LogP contribution in [0.4, 0.5) is 0 Å². The normalized spacial score (nSPS) is 17.3. The lowest BCUT2D eigenvalue weighted by Gasteiger charge is -2.22. The molecule has 0 N–H and O–H groups in total. The van der Waals surface area contributed by atoms with Crippen molar-refractivity contribution in [2.45, 2.75) is 65.4 Å². The molecule has 0 aliphatic heterocycles. The first-order valence-corrected chi connectivity index (χ1v) is 6.02. The Hall–Kier alpha value is -0.790. The minimum Gasteiger partial charge on any atom is -0.459 e. The maximum Gasteiger partial charge on any atom is 0.334 e. The Labute approximate surface area is 92.7 Å². The van der Waals surface area contributed by atoms with Crippen molar-refractivity contribution >= 4 is 5.97 Å². The van der Waals surface area contributed by atoms with E-state index in [9.17, 15) is 4.79 Å². The summed E-state index contributed by atoms with van der Waals surface area (Å²) < 4.78 is 5.51. The number of carbonyl (C=O) groups is 1. The molecule has 0 aromatic carbocycles. The molecule has 0 radical (unpaired) electrons. The van der Waals surface area contributed by atoms with Crippen molar-refractivity contribution in [3.8, 4) is 0 Å². The predicted molar refractivity (Wildman–Crippen MR) is 61.6 cm³/mol. The van der Waals surface area contributed by atoms with Gasteiger partial charge in [-0.15, -0.1) is 0 Å². The summed E-state index contributed by atoms with van der Waals surface area (Å²) >= 11 is 0. The Morgan fingerprint density at radius 2 is 1.80 bits per heavy atom. The van der Waals surface area contributed by atoms with Crippen LogP contribution in [0.3, 0.4) is 0 Å². The van der Waals surface area contributed by atoms with Crippen molar-refractivity contribution in [1.82, 2.24) is 0 Å². The van der Waals surface area contributed by atoms with Crippen LogP contribution in [-0.2, 0) is 9.53 Å². The molecule has 0 amide bonds. The molecule has 0 bridgehead atoms. The van der Waals surface area contributed by atoms with Gasteiger partial charge in [-0.1, -0.05) is 18.9 Å². The average molecular weight is 210 g/mol. The molecule has 86 valence electrons. The average Bonchev–Trinajstić information content (AvgIpc) is 2.19. The van der Waals surface area contributed by atoms with Crippen molar-refractivity contribution in [3.63, 3.8) is 0 Å². The minimum atomic E-state index is -0.0931. The Kier molecular flexibility index (Phi) is 4.86. The van der Waals surface area contributed by atoms with Gasteiger partial charge in [0, 0.05) is 5.57 Å². The molecule has 15 heavy (non-hydrogen) atoms. The number of ether oxygens (including phenoxy) is 1. The van der Waals surface area contributed by atoms with Crippen LogP contribution in [-0.4, -0.2) is 12.1 Å². The standard InChI is InChI=1S/C13H22O2/c1-4-12(10(2)3)13(14)15-11-8-6-5-7-9-11/h11H,4-9H2,1-3H3. The summed E-state index contributed by atoms with van der Waals surface area (Å²) in [5.74, 6) is -0.0931. The van der Waals surface area contributed by atoms with Crippen molar-refractivity contribution < 1.29 is 9.53 Å². The number of hydrogen-bond acceptors (Lipinski definition) is 2. The van der Waals surface area contributed by atoms with Gasteiger partial charge in [-0.3, -0.25) is 0 Å². The molecule has 1 aliphatic carbocycles. The minimum absolute atomic E-state index is 0.0931. The highest BCUT2D eigenvalue weighted by atomic mass is 16.5. The predicted octanol–water partition coefficient (Wildman–Crippen LogP) is 3.61. The molecule has 0 aromatic rings. The summed E-state index contributed by atoms with van der Waals surface area (Å²) in [5.41, 5.74) is 1.93. The van der Waals surface area contributed by atoms with Gasteiger partial charge in [0.2, 0.25) is 0 Å². The van der Waals surface area contributed by atoms with Crippen LogP contribution >= 0.6 is 0 Å². The number of carbonyl (C=O) groups excluding carboxylic acids is 1. The molecule has 1 aliphatic rings. The summed E-state index contributed by atoms with van der Waals surface area (Å²) in [5, 5.41) is 0. The van der Waals surface area contributed by atoms with E-state index < -0.39 is 0 Å². The number of rotatable bonds is 3. The SMILES string of the molecule is CCC(C(=O)OC1CCCCC1)=C(C)C. The molecular formula is C13H22O2. The van der Waals surface area contributed by atoms with Crippen LogP contribution in [0.1, 0.15) is 59.3 Å². The molecule has 1 saturated carbocycles. The second-order valence-electron chi connectivity index (χ2n) is 4.50. The van der Waals surface area contributed by atoms with Gasteiger partial charge in [0.1, 0.15) is 6.10 Å². The highest BCUT2D eigenvalue weighted by Crippen LogP contribution is 2.22. The Morgan fingerprint density at radius 3 is 2.27 bits per heavy atom. The van der Waals surface area contributed by atoms with Gasteiger partial charge in [0.25, 0.3) is 0 Å². The van der Waals surface area contributed by atoms with E-state index in [1.54, 1.807) is 0 Å². The smallest absolute Gasteiger partial charge is 0.334 e. The van der Waals surface area contributed by atoms with E-state index in [0.29, 0.717) is 0 Å². The van der Waals surface area contributed by atoms with E-state index in [1.807, 2.05) is 20.8 Å². The molecule has 0 heterocycles. The molecule has 2 nitrogen and oxygen atoms in total. The number of esters is 1. The lowest BCUT2D eigenvalue weighted by Crippen LogP contribution is -2.22. The van der Waals surface area contributed by atoms with Crippen molar-refractivity contribution in [1.29, 1.82) is 0 Å². The Balaban J connectivity index is 2.50. The summed E-state index contributed by atoms with van der Waals surface area (Å²) in [6.07, 6.45) is 6.73. The number of hydrogen-bond donors (Lipinski definition) is 0. The van der Waals surface area contributed by atoms with Crippen LogP contribution in [0.15, 0.2) is 11.1 Å². The first-order valence-electron chi connectivity index (χ1n) is 6.02. The Morgan fingerprint density at radius 1 is 1.20 bits per heavy atom. The van der Waals surface area contributed by atoms with Gasteiger partial charge in [0.05, 0.1) is 0 Å². The fourth-order valence-corrected chi connectivity index (χ4v) is 2.11. The molecule has 0 saturated heterocycles. The van der Waals surface area contributed by atoms with Crippen molar-refractivity contribution in [3.05, 3.63) is 11.1 Å². The van der Waals surface area contributed by atoms with E-state index in [0.717, 1.165) is 30.4 Å². The summed E-state index contributed by atoms with van der Waals surface area (Å²) in [6.45, 7) is 5.95. The second-order valence-corrected chi connectivity index (χ2v) is 4.50. The van der Waals surface area contributed by atoms with E-state index in [-0.39, 0.29) is 12.1 Å². The zero-order chi connectivity index (χ0) is 11.3. The van der Waals surface area contributed by atoms with Crippen LogP contribution in [0.25, 0.3) is 0 Å². The molecular weight excluding hydrogens is 188 g/mol. The monoisotopic (exact) mass is 210 g/mol. The molecule has 1 rings (SSSR count). The lowest BCUT2D eigenvalue weighted by molar-refractivity contribution is -0.145. The third-order valence-corrected chi connectivity index (χ3v) is 3.03. The lowest BCUT2D eigenvalue weighted by atomic mass is 9.97. The van der Waals surface area contributed by atoms with Crippen LogP contribution in [0.5, 0.6) is 0 Å². The molecule has 0 spiro atoms. The maximum atomic E-state index is 11.8. The summed E-state index contributed by atoms with van der Waals surface area (Å²) in [6, 6.07) is 0. The fraction of sp³-hybridized carbons (Fsp3) is 0.769. The van der Waals surface area contributed by atoms with Gasteiger partial charge < -0.3 is 4.74 Å². The molecule has 1 fully saturated rings. The summed E-state index contributed by atoms with van der Waals surface area (Å²) in [4.78, 5) is 11.8. The van der Waals surface area contributed by atoms with Gasteiger partial charge in [-0.25, -0.2) is 4.79 Å².